The van der Waals surface area contributed by atoms with Crippen molar-refractivity contribution < 1.29 is 0 Å². The Hall–Kier alpha value is -2.20. The lowest BCUT2D eigenvalue weighted by atomic mass is 9.77. The summed E-state index contributed by atoms with van der Waals surface area (Å²) in [6.45, 7) is 3.24. The van der Waals surface area contributed by atoms with E-state index in [1.807, 2.05) is 6.20 Å². The number of nitrogens with zero attached hydrogens (tertiary/aromatic N) is 3. The van der Waals surface area contributed by atoms with Gasteiger partial charge in [0.05, 0.1) is 5.69 Å². The lowest BCUT2D eigenvalue weighted by Crippen LogP contribution is -2.45. The van der Waals surface area contributed by atoms with Crippen molar-refractivity contribution in [2.75, 3.05) is 25.4 Å². The average molecular weight is 320 g/mol. The molecule has 1 saturated heterocycles. The van der Waals surface area contributed by atoms with Crippen LogP contribution in [0.5, 0.6) is 0 Å². The van der Waals surface area contributed by atoms with Crippen molar-refractivity contribution in [1.82, 2.24) is 14.9 Å². The average Bonchev–Trinajstić information content (AvgIpc) is 2.94. The first-order valence-corrected chi connectivity index (χ1v) is 8.81. The molecular formula is C20H24N4. The monoisotopic (exact) mass is 320 g/mol. The number of anilines is 1. The van der Waals surface area contributed by atoms with Crippen LogP contribution in [-0.2, 0) is 11.8 Å². The molecule has 1 aliphatic heterocycles. The first-order chi connectivity index (χ1) is 11.8. The Labute approximate surface area is 143 Å². The predicted molar refractivity (Wildman–Crippen MR) is 97.6 cm³/mol. The topological polar surface area (TPSA) is 55.0 Å². The Balaban J connectivity index is 1.47. The molecule has 0 radical (unpaired) electrons. The Kier molecular flexibility index (Phi) is 4.07. The van der Waals surface area contributed by atoms with Crippen LogP contribution < -0.4 is 5.73 Å². The molecule has 0 amide bonds. The number of hydrogen-bond acceptors (Lipinski definition) is 4. The minimum Gasteiger partial charge on any atom is -0.368 e. The van der Waals surface area contributed by atoms with Crippen LogP contribution in [0.1, 0.15) is 36.1 Å². The van der Waals surface area contributed by atoms with Crippen molar-refractivity contribution in [3.05, 3.63) is 59.4 Å². The van der Waals surface area contributed by atoms with Crippen LogP contribution in [0.4, 0.5) is 5.95 Å². The zero-order valence-corrected chi connectivity index (χ0v) is 14.0. The largest absolute Gasteiger partial charge is 0.368 e. The van der Waals surface area contributed by atoms with E-state index in [0.29, 0.717) is 5.95 Å². The Morgan fingerprint density at radius 2 is 2.08 bits per heavy atom. The van der Waals surface area contributed by atoms with Gasteiger partial charge in [-0.3, -0.25) is 4.90 Å². The first-order valence-electron chi connectivity index (χ1n) is 8.81. The zero-order chi connectivity index (χ0) is 16.4. The van der Waals surface area contributed by atoms with Crippen LogP contribution in [-0.4, -0.2) is 34.5 Å². The van der Waals surface area contributed by atoms with Gasteiger partial charge in [0, 0.05) is 24.7 Å². The van der Waals surface area contributed by atoms with E-state index in [1.54, 1.807) is 0 Å². The lowest BCUT2D eigenvalue weighted by molar-refractivity contribution is 0.156. The van der Waals surface area contributed by atoms with Crippen molar-refractivity contribution in [2.24, 2.45) is 0 Å². The molecule has 2 heterocycles. The number of likely N-dealkylation sites (tertiary alicyclic amines) is 1. The number of piperidine rings is 1. The summed E-state index contributed by atoms with van der Waals surface area (Å²) in [5.74, 6) is 0.413. The third-order valence-corrected chi connectivity index (χ3v) is 5.39. The molecule has 0 bridgehead atoms. The number of nitrogen functional groups attached to an aromatic ring is 1. The van der Waals surface area contributed by atoms with Crippen molar-refractivity contribution in [2.45, 2.75) is 31.1 Å². The third-order valence-electron chi connectivity index (χ3n) is 5.39. The van der Waals surface area contributed by atoms with Crippen molar-refractivity contribution >= 4 is 12.0 Å². The van der Waals surface area contributed by atoms with E-state index in [0.717, 1.165) is 26.1 Å². The van der Waals surface area contributed by atoms with E-state index in [4.69, 9.17) is 5.73 Å². The van der Waals surface area contributed by atoms with E-state index in [-0.39, 0.29) is 5.41 Å². The van der Waals surface area contributed by atoms with E-state index < -0.39 is 0 Å². The number of aromatic nitrogens is 2. The van der Waals surface area contributed by atoms with E-state index >= 15 is 0 Å². The summed E-state index contributed by atoms with van der Waals surface area (Å²) in [6, 6.07) is 10.5. The minimum absolute atomic E-state index is 0.186. The number of aryl methyl sites for hydroxylation is 1. The van der Waals surface area contributed by atoms with Crippen LogP contribution in [0.15, 0.2) is 42.6 Å². The van der Waals surface area contributed by atoms with Gasteiger partial charge in [0.2, 0.25) is 5.95 Å². The van der Waals surface area contributed by atoms with Gasteiger partial charge < -0.3 is 5.73 Å². The first kappa shape index (κ1) is 15.3. The highest BCUT2D eigenvalue weighted by atomic mass is 15.1. The number of rotatable bonds is 3. The highest BCUT2D eigenvalue weighted by molar-refractivity contribution is 5.48. The lowest BCUT2D eigenvalue weighted by Gasteiger charge is -2.40. The summed E-state index contributed by atoms with van der Waals surface area (Å²) < 4.78 is 0. The quantitative estimate of drug-likeness (QED) is 0.944. The second kappa shape index (κ2) is 6.36. The SMILES string of the molecule is Nc1ncc2c(n1)C1(CCCN(C/C=C/c3ccccc3)C1)CC2. The second-order valence-electron chi connectivity index (χ2n) is 7.03. The molecule has 2 aromatic rings. The summed E-state index contributed by atoms with van der Waals surface area (Å²) in [7, 11) is 0. The van der Waals surface area contributed by atoms with E-state index in [2.05, 4.69) is 57.4 Å². The third kappa shape index (κ3) is 2.94. The van der Waals surface area contributed by atoms with Crippen molar-refractivity contribution in [3.63, 3.8) is 0 Å². The number of fused-ring (bicyclic) bond motifs is 2. The highest BCUT2D eigenvalue weighted by Gasteiger charge is 2.43. The zero-order valence-electron chi connectivity index (χ0n) is 14.0. The van der Waals surface area contributed by atoms with Crippen molar-refractivity contribution in [3.8, 4) is 0 Å². The summed E-state index contributed by atoms with van der Waals surface area (Å²) in [6.07, 6.45) is 11.1. The van der Waals surface area contributed by atoms with Gasteiger partial charge in [-0.15, -0.1) is 0 Å². The van der Waals surface area contributed by atoms with Gasteiger partial charge in [0.1, 0.15) is 0 Å². The Bertz CT molecular complexity index is 737. The Morgan fingerprint density at radius 1 is 1.21 bits per heavy atom. The number of nitrogens with two attached hydrogens (primary N) is 1. The van der Waals surface area contributed by atoms with Gasteiger partial charge in [-0.25, -0.2) is 9.97 Å². The molecule has 124 valence electrons. The molecule has 1 fully saturated rings. The molecule has 4 heteroatoms. The van der Waals surface area contributed by atoms with Gasteiger partial charge in [-0.05, 0) is 43.4 Å². The molecule has 0 saturated carbocycles. The summed E-state index contributed by atoms with van der Waals surface area (Å²) >= 11 is 0. The molecule has 1 aliphatic carbocycles. The Morgan fingerprint density at radius 3 is 2.96 bits per heavy atom. The molecule has 2 N–H and O–H groups in total. The van der Waals surface area contributed by atoms with Crippen LogP contribution in [0.25, 0.3) is 6.08 Å². The maximum absolute atomic E-state index is 5.85. The normalized spacial score (nSPS) is 23.8. The molecule has 4 rings (SSSR count). The van der Waals surface area contributed by atoms with Gasteiger partial charge in [-0.1, -0.05) is 42.5 Å². The molecule has 1 spiro atoms. The van der Waals surface area contributed by atoms with Crippen LogP contribution >= 0.6 is 0 Å². The minimum atomic E-state index is 0.186. The van der Waals surface area contributed by atoms with Crippen LogP contribution in [0.3, 0.4) is 0 Å². The predicted octanol–water partition coefficient (Wildman–Crippen LogP) is 3.05. The standard InChI is InChI=1S/C20H24N4/c21-19-22-14-17-9-11-20(18(17)23-19)10-5-13-24(15-20)12-4-8-16-6-2-1-3-7-16/h1-4,6-8,14H,5,9-13,15H2,(H2,21,22,23)/b8-4+. The molecule has 4 nitrogen and oxygen atoms in total. The van der Waals surface area contributed by atoms with Gasteiger partial charge in [0.25, 0.3) is 0 Å². The summed E-state index contributed by atoms with van der Waals surface area (Å²) in [4.78, 5) is 11.3. The fourth-order valence-corrected chi connectivity index (χ4v) is 4.24. The molecular weight excluding hydrogens is 296 g/mol. The fraction of sp³-hybridized carbons (Fsp3) is 0.400. The molecule has 1 atom stereocenters. The highest BCUT2D eigenvalue weighted by Crippen LogP contribution is 2.43. The second-order valence-corrected chi connectivity index (χ2v) is 7.03. The maximum atomic E-state index is 5.85. The molecule has 2 aliphatic rings. The van der Waals surface area contributed by atoms with Gasteiger partial charge >= 0.3 is 0 Å². The van der Waals surface area contributed by atoms with E-state index in [1.165, 1.54) is 36.1 Å². The molecule has 24 heavy (non-hydrogen) atoms. The van der Waals surface area contributed by atoms with Crippen LogP contribution in [0.2, 0.25) is 0 Å². The summed E-state index contributed by atoms with van der Waals surface area (Å²) in [5.41, 5.74) is 9.81. The number of hydrogen-bond donors (Lipinski definition) is 1. The van der Waals surface area contributed by atoms with E-state index in [9.17, 15) is 0 Å². The number of benzene rings is 1. The van der Waals surface area contributed by atoms with Gasteiger partial charge in [0.15, 0.2) is 0 Å². The molecule has 1 aromatic carbocycles. The fourth-order valence-electron chi connectivity index (χ4n) is 4.24. The summed E-state index contributed by atoms with van der Waals surface area (Å²) in [5, 5.41) is 0. The molecule has 1 aromatic heterocycles. The molecule has 1 unspecified atom stereocenters. The smallest absolute Gasteiger partial charge is 0.220 e. The van der Waals surface area contributed by atoms with Gasteiger partial charge in [-0.2, -0.15) is 0 Å². The maximum Gasteiger partial charge on any atom is 0.220 e. The van der Waals surface area contributed by atoms with Crippen LogP contribution in [0, 0.1) is 0 Å². The van der Waals surface area contributed by atoms with Crippen molar-refractivity contribution in [1.29, 1.82) is 0 Å².